The average molecular weight is 405 g/mol. The second kappa shape index (κ2) is 6.72. The summed E-state index contributed by atoms with van der Waals surface area (Å²) in [6, 6.07) is 10.1. The summed E-state index contributed by atoms with van der Waals surface area (Å²) in [5.41, 5.74) is 12.4. The molecule has 1 aliphatic carbocycles. The molecule has 0 spiro atoms. The molecule has 3 rings (SSSR count). The van der Waals surface area contributed by atoms with Crippen LogP contribution in [0, 0.1) is 0 Å². The standard InChI is InChI=1S/C30H44/c1-18-19-14-23(27(2,3)4)25(29(8,9)10)16-21(19)22-17-26(30(11,12)13)24(15-20(18)22)28(5,6)7/h14-18H,1-13H3. The van der Waals surface area contributed by atoms with E-state index in [1.54, 1.807) is 0 Å². The third-order valence-corrected chi connectivity index (χ3v) is 6.83. The second-order valence-electron chi connectivity index (χ2n) is 13.7. The van der Waals surface area contributed by atoms with Crippen molar-refractivity contribution in [2.75, 3.05) is 0 Å². The summed E-state index contributed by atoms with van der Waals surface area (Å²) in [7, 11) is 0. The van der Waals surface area contributed by atoms with Crippen molar-refractivity contribution < 1.29 is 0 Å². The van der Waals surface area contributed by atoms with Gasteiger partial charge in [0.05, 0.1) is 0 Å². The summed E-state index contributed by atoms with van der Waals surface area (Å²) in [6.45, 7) is 30.6. The fraction of sp³-hybridized carbons (Fsp3) is 0.600. The lowest BCUT2D eigenvalue weighted by molar-refractivity contribution is 0.529. The Bertz CT molecular complexity index is 892. The summed E-state index contributed by atoms with van der Waals surface area (Å²) >= 11 is 0. The second-order valence-corrected chi connectivity index (χ2v) is 13.7. The molecule has 0 saturated carbocycles. The van der Waals surface area contributed by atoms with Gasteiger partial charge in [-0.3, -0.25) is 0 Å². The number of rotatable bonds is 0. The van der Waals surface area contributed by atoms with E-state index in [0.717, 1.165) is 0 Å². The van der Waals surface area contributed by atoms with Gasteiger partial charge in [0.15, 0.2) is 0 Å². The lowest BCUT2D eigenvalue weighted by Gasteiger charge is -2.32. The number of hydrogen-bond donors (Lipinski definition) is 0. The van der Waals surface area contributed by atoms with Crippen molar-refractivity contribution in [3.05, 3.63) is 57.6 Å². The van der Waals surface area contributed by atoms with Gasteiger partial charge in [0.2, 0.25) is 0 Å². The van der Waals surface area contributed by atoms with Crippen molar-refractivity contribution in [3.63, 3.8) is 0 Å². The number of benzene rings is 2. The van der Waals surface area contributed by atoms with Crippen LogP contribution < -0.4 is 0 Å². The maximum atomic E-state index is 2.54. The Kier molecular flexibility index (Phi) is 5.17. The topological polar surface area (TPSA) is 0 Å². The van der Waals surface area contributed by atoms with Crippen LogP contribution in [0.15, 0.2) is 24.3 Å². The molecule has 164 valence electrons. The zero-order chi connectivity index (χ0) is 23.0. The van der Waals surface area contributed by atoms with E-state index >= 15 is 0 Å². The largest absolute Gasteiger partial charge is 0.0561 e. The van der Waals surface area contributed by atoms with E-state index in [2.05, 4.69) is 114 Å². The Morgan fingerprint density at radius 1 is 0.433 bits per heavy atom. The SMILES string of the molecule is CC1c2cc(C(C)(C)C)c(C(C)(C)C)cc2-c2cc(C(C)(C)C)c(C(C)(C)C)cc21. The molecule has 0 aromatic heterocycles. The highest BCUT2D eigenvalue weighted by Crippen LogP contribution is 2.51. The monoisotopic (exact) mass is 404 g/mol. The van der Waals surface area contributed by atoms with E-state index in [1.807, 2.05) is 0 Å². The Morgan fingerprint density at radius 2 is 0.667 bits per heavy atom. The first-order valence-corrected chi connectivity index (χ1v) is 11.7. The summed E-state index contributed by atoms with van der Waals surface area (Å²) < 4.78 is 0. The highest BCUT2D eigenvalue weighted by Gasteiger charge is 2.35. The zero-order valence-corrected chi connectivity index (χ0v) is 21.9. The molecule has 0 atom stereocenters. The smallest absolute Gasteiger partial charge is 0.00735 e. The Balaban J connectivity index is 2.38. The Labute approximate surface area is 186 Å². The number of fused-ring (bicyclic) bond motifs is 3. The molecular weight excluding hydrogens is 360 g/mol. The van der Waals surface area contributed by atoms with Gasteiger partial charge in [-0.1, -0.05) is 114 Å². The molecule has 1 aliphatic rings. The minimum absolute atomic E-state index is 0.127. The van der Waals surface area contributed by atoms with Gasteiger partial charge >= 0.3 is 0 Å². The van der Waals surface area contributed by atoms with Crippen LogP contribution in [0.4, 0.5) is 0 Å². The molecule has 2 aromatic carbocycles. The molecule has 0 amide bonds. The van der Waals surface area contributed by atoms with E-state index in [9.17, 15) is 0 Å². The van der Waals surface area contributed by atoms with Crippen LogP contribution in [-0.2, 0) is 21.7 Å². The van der Waals surface area contributed by atoms with Gasteiger partial charge in [-0.15, -0.1) is 0 Å². The van der Waals surface area contributed by atoms with Gasteiger partial charge in [-0.05, 0) is 66.2 Å². The van der Waals surface area contributed by atoms with Crippen LogP contribution in [0.2, 0.25) is 0 Å². The minimum atomic E-state index is 0.127. The molecule has 0 heterocycles. The normalized spacial score (nSPS) is 15.4. The van der Waals surface area contributed by atoms with Gasteiger partial charge < -0.3 is 0 Å². The minimum Gasteiger partial charge on any atom is -0.0561 e. The van der Waals surface area contributed by atoms with Crippen LogP contribution in [0.1, 0.15) is 129 Å². The first-order chi connectivity index (χ1) is 13.3. The van der Waals surface area contributed by atoms with Crippen molar-refractivity contribution in [2.45, 2.75) is 118 Å². The van der Waals surface area contributed by atoms with Crippen LogP contribution in [0.5, 0.6) is 0 Å². The van der Waals surface area contributed by atoms with Crippen molar-refractivity contribution >= 4 is 0 Å². The molecule has 2 aromatic rings. The Morgan fingerprint density at radius 3 is 0.900 bits per heavy atom. The fourth-order valence-corrected chi connectivity index (χ4v) is 5.07. The van der Waals surface area contributed by atoms with Gasteiger partial charge in [0.25, 0.3) is 0 Å². The van der Waals surface area contributed by atoms with E-state index < -0.39 is 0 Å². The van der Waals surface area contributed by atoms with Crippen molar-refractivity contribution in [1.82, 2.24) is 0 Å². The van der Waals surface area contributed by atoms with E-state index in [1.165, 1.54) is 44.5 Å². The van der Waals surface area contributed by atoms with E-state index in [4.69, 9.17) is 0 Å². The first kappa shape index (κ1) is 23.1. The van der Waals surface area contributed by atoms with Gasteiger partial charge in [-0.2, -0.15) is 0 Å². The summed E-state index contributed by atoms with van der Waals surface area (Å²) in [5, 5.41) is 0. The predicted molar refractivity (Wildman–Crippen MR) is 134 cm³/mol. The summed E-state index contributed by atoms with van der Waals surface area (Å²) in [4.78, 5) is 0. The maximum absolute atomic E-state index is 2.54. The molecule has 0 radical (unpaired) electrons. The molecule has 0 nitrogen and oxygen atoms in total. The molecule has 30 heavy (non-hydrogen) atoms. The van der Waals surface area contributed by atoms with E-state index in [0.29, 0.717) is 5.92 Å². The van der Waals surface area contributed by atoms with Crippen molar-refractivity contribution in [1.29, 1.82) is 0 Å². The lowest BCUT2D eigenvalue weighted by Crippen LogP contribution is -2.22. The highest BCUT2D eigenvalue weighted by atomic mass is 14.4. The van der Waals surface area contributed by atoms with Crippen molar-refractivity contribution in [2.24, 2.45) is 0 Å². The van der Waals surface area contributed by atoms with Crippen LogP contribution in [0.3, 0.4) is 0 Å². The van der Waals surface area contributed by atoms with Crippen LogP contribution in [-0.4, -0.2) is 0 Å². The quantitative estimate of drug-likeness (QED) is 0.411. The van der Waals surface area contributed by atoms with Gasteiger partial charge in [-0.25, -0.2) is 0 Å². The molecule has 0 unspecified atom stereocenters. The van der Waals surface area contributed by atoms with Gasteiger partial charge in [0, 0.05) is 5.92 Å². The highest BCUT2D eigenvalue weighted by molar-refractivity contribution is 5.81. The molecule has 0 N–H and O–H groups in total. The zero-order valence-electron chi connectivity index (χ0n) is 21.9. The van der Waals surface area contributed by atoms with Crippen LogP contribution in [0.25, 0.3) is 11.1 Å². The molecule has 0 bridgehead atoms. The van der Waals surface area contributed by atoms with E-state index in [-0.39, 0.29) is 21.7 Å². The Hall–Kier alpha value is -1.56. The lowest BCUT2D eigenvalue weighted by atomic mass is 9.73. The molecule has 0 aliphatic heterocycles. The molecule has 0 fully saturated rings. The van der Waals surface area contributed by atoms with Gasteiger partial charge in [0.1, 0.15) is 0 Å². The number of hydrogen-bond acceptors (Lipinski definition) is 0. The molecule has 0 saturated heterocycles. The summed E-state index contributed by atoms with van der Waals surface area (Å²) in [6.07, 6.45) is 0. The third kappa shape index (κ3) is 3.88. The van der Waals surface area contributed by atoms with Crippen molar-refractivity contribution in [3.8, 4) is 11.1 Å². The first-order valence-electron chi connectivity index (χ1n) is 11.7. The molecule has 0 heteroatoms. The predicted octanol–water partition coefficient (Wildman–Crippen LogP) is 9.01. The molecular formula is C30H44. The maximum Gasteiger partial charge on any atom is 0.00735 e. The average Bonchev–Trinajstić information content (AvgIpc) is 2.82. The third-order valence-electron chi connectivity index (χ3n) is 6.83. The fourth-order valence-electron chi connectivity index (χ4n) is 5.07. The van der Waals surface area contributed by atoms with Crippen LogP contribution >= 0.6 is 0 Å². The summed E-state index contributed by atoms with van der Waals surface area (Å²) in [5.74, 6) is 0.445.